The lowest BCUT2D eigenvalue weighted by Gasteiger charge is -2.05. The first-order valence-corrected chi connectivity index (χ1v) is 5.36. The summed E-state index contributed by atoms with van der Waals surface area (Å²) in [4.78, 5) is 13.9. The average molecular weight is 258 g/mol. The summed E-state index contributed by atoms with van der Waals surface area (Å²) in [5.41, 5.74) is 0.855. The quantitative estimate of drug-likeness (QED) is 0.651. The number of aromatic nitrogens is 3. The van der Waals surface area contributed by atoms with E-state index in [1.807, 2.05) is 12.3 Å². The van der Waals surface area contributed by atoms with Crippen molar-refractivity contribution < 1.29 is 4.92 Å². The number of nitriles is 1. The monoisotopic (exact) mass is 258 g/mol. The molecule has 0 unspecified atom stereocenters. The van der Waals surface area contributed by atoms with Gasteiger partial charge in [0.05, 0.1) is 11.1 Å². The van der Waals surface area contributed by atoms with E-state index >= 15 is 0 Å². The van der Waals surface area contributed by atoms with Gasteiger partial charge in [-0.05, 0) is 0 Å². The summed E-state index contributed by atoms with van der Waals surface area (Å²) in [7, 11) is 1.80. The number of nitrogens with zero attached hydrogens (tertiary/aromatic N) is 5. The van der Waals surface area contributed by atoms with Crippen molar-refractivity contribution in [2.75, 3.05) is 5.32 Å². The second kappa shape index (κ2) is 5.14. The van der Waals surface area contributed by atoms with Crippen molar-refractivity contribution >= 4 is 11.5 Å². The molecule has 0 aliphatic rings. The van der Waals surface area contributed by atoms with Gasteiger partial charge in [0.2, 0.25) is 0 Å². The standard InChI is InChI=1S/C11H10N6O2/c1-16-7-8(5-15-16)4-13-11-9(3-12)2-10(6-14-11)17(18)19/h2,5-7H,4H2,1H3,(H,13,14). The van der Waals surface area contributed by atoms with E-state index in [0.717, 1.165) is 11.8 Å². The molecule has 0 saturated carbocycles. The van der Waals surface area contributed by atoms with Gasteiger partial charge in [0.25, 0.3) is 5.69 Å². The van der Waals surface area contributed by atoms with Gasteiger partial charge in [-0.15, -0.1) is 0 Å². The summed E-state index contributed by atoms with van der Waals surface area (Å²) in [6.07, 6.45) is 4.63. The number of hydrogen-bond donors (Lipinski definition) is 1. The third kappa shape index (κ3) is 2.84. The maximum Gasteiger partial charge on any atom is 0.289 e. The number of rotatable bonds is 4. The van der Waals surface area contributed by atoms with Gasteiger partial charge in [0.15, 0.2) is 0 Å². The summed E-state index contributed by atoms with van der Waals surface area (Å²) in [5.74, 6) is 0.317. The first-order chi connectivity index (χ1) is 9.10. The van der Waals surface area contributed by atoms with Crippen LogP contribution in [-0.4, -0.2) is 19.7 Å². The molecule has 2 heterocycles. The molecule has 0 saturated heterocycles. The fourth-order valence-corrected chi connectivity index (χ4v) is 1.53. The molecule has 0 amide bonds. The highest BCUT2D eigenvalue weighted by atomic mass is 16.6. The van der Waals surface area contributed by atoms with Crippen LogP contribution in [0.2, 0.25) is 0 Å². The van der Waals surface area contributed by atoms with Gasteiger partial charge in [-0.1, -0.05) is 0 Å². The van der Waals surface area contributed by atoms with Gasteiger partial charge in [-0.25, -0.2) is 4.98 Å². The van der Waals surface area contributed by atoms with Crippen molar-refractivity contribution in [1.29, 1.82) is 5.26 Å². The Kier molecular flexibility index (Phi) is 3.38. The Labute approximate surface area is 108 Å². The molecule has 2 rings (SSSR count). The molecule has 0 atom stereocenters. The molecule has 0 bridgehead atoms. The van der Waals surface area contributed by atoms with Gasteiger partial charge >= 0.3 is 0 Å². The molecule has 0 radical (unpaired) electrons. The normalized spacial score (nSPS) is 9.89. The van der Waals surface area contributed by atoms with E-state index in [2.05, 4.69) is 15.4 Å². The topological polar surface area (TPSA) is 110 Å². The van der Waals surface area contributed by atoms with Gasteiger partial charge < -0.3 is 5.32 Å². The van der Waals surface area contributed by atoms with Crippen LogP contribution in [0.3, 0.4) is 0 Å². The third-order valence-corrected chi connectivity index (χ3v) is 2.42. The predicted molar refractivity (Wildman–Crippen MR) is 66.1 cm³/mol. The summed E-state index contributed by atoms with van der Waals surface area (Å²) >= 11 is 0. The first kappa shape index (κ1) is 12.5. The second-order valence-electron chi connectivity index (χ2n) is 3.83. The van der Waals surface area contributed by atoms with Crippen LogP contribution in [0.25, 0.3) is 0 Å². The van der Waals surface area contributed by atoms with Crippen molar-refractivity contribution in [1.82, 2.24) is 14.8 Å². The van der Waals surface area contributed by atoms with Crippen LogP contribution >= 0.6 is 0 Å². The van der Waals surface area contributed by atoms with E-state index in [1.165, 1.54) is 6.07 Å². The number of nitrogens with one attached hydrogen (secondary N) is 1. The highest BCUT2D eigenvalue weighted by molar-refractivity contribution is 5.55. The Morgan fingerprint density at radius 3 is 2.95 bits per heavy atom. The fourth-order valence-electron chi connectivity index (χ4n) is 1.53. The predicted octanol–water partition coefficient (Wildman–Crippen LogP) is 1.21. The summed E-state index contributed by atoms with van der Waals surface area (Å²) < 4.78 is 1.66. The first-order valence-electron chi connectivity index (χ1n) is 5.36. The highest BCUT2D eigenvalue weighted by Crippen LogP contribution is 2.18. The molecule has 8 nitrogen and oxygen atoms in total. The van der Waals surface area contributed by atoms with Crippen LogP contribution in [0.15, 0.2) is 24.7 Å². The molecule has 0 aromatic carbocycles. The Hall–Kier alpha value is -2.95. The molecular formula is C11H10N6O2. The molecule has 2 aromatic heterocycles. The minimum atomic E-state index is -0.585. The van der Waals surface area contributed by atoms with Crippen LogP contribution in [-0.2, 0) is 13.6 Å². The van der Waals surface area contributed by atoms with E-state index in [4.69, 9.17) is 5.26 Å². The van der Waals surface area contributed by atoms with Crippen LogP contribution < -0.4 is 5.32 Å². The van der Waals surface area contributed by atoms with Crippen LogP contribution in [0, 0.1) is 21.4 Å². The van der Waals surface area contributed by atoms with Gasteiger partial charge in [-0.2, -0.15) is 10.4 Å². The Morgan fingerprint density at radius 2 is 2.37 bits per heavy atom. The fraction of sp³-hybridized carbons (Fsp3) is 0.182. The molecule has 0 fully saturated rings. The van der Waals surface area contributed by atoms with Gasteiger partial charge in [-0.3, -0.25) is 14.8 Å². The van der Waals surface area contributed by atoms with Gasteiger partial charge in [0.1, 0.15) is 23.6 Å². The minimum absolute atomic E-state index is 0.137. The summed E-state index contributed by atoms with van der Waals surface area (Å²) in [6.45, 7) is 0.438. The third-order valence-electron chi connectivity index (χ3n) is 2.42. The number of aryl methyl sites for hydroxylation is 1. The van der Waals surface area contributed by atoms with E-state index in [1.54, 1.807) is 17.9 Å². The molecule has 2 aromatic rings. The van der Waals surface area contributed by atoms with Crippen LogP contribution in [0.5, 0.6) is 0 Å². The zero-order chi connectivity index (χ0) is 13.8. The van der Waals surface area contributed by atoms with Crippen molar-refractivity contribution in [2.45, 2.75) is 6.54 Å². The summed E-state index contributed by atoms with van der Waals surface area (Å²) in [6, 6.07) is 3.08. The van der Waals surface area contributed by atoms with E-state index < -0.39 is 4.92 Å². The van der Waals surface area contributed by atoms with Crippen molar-refractivity contribution in [3.8, 4) is 6.07 Å². The summed E-state index contributed by atoms with van der Waals surface area (Å²) in [5, 5.41) is 26.5. The van der Waals surface area contributed by atoms with E-state index in [-0.39, 0.29) is 11.3 Å². The zero-order valence-electron chi connectivity index (χ0n) is 10.1. The maximum atomic E-state index is 10.6. The van der Waals surface area contributed by atoms with Gasteiger partial charge in [0, 0.05) is 31.4 Å². The molecule has 1 N–H and O–H groups in total. The second-order valence-corrected chi connectivity index (χ2v) is 3.83. The van der Waals surface area contributed by atoms with Crippen molar-refractivity contribution in [2.24, 2.45) is 7.05 Å². The Morgan fingerprint density at radius 1 is 1.58 bits per heavy atom. The zero-order valence-corrected chi connectivity index (χ0v) is 10.1. The number of pyridine rings is 1. The largest absolute Gasteiger partial charge is 0.365 e. The average Bonchev–Trinajstić information content (AvgIpc) is 2.81. The molecule has 19 heavy (non-hydrogen) atoms. The Balaban J connectivity index is 2.16. The number of nitro groups is 1. The Bertz CT molecular complexity index is 657. The van der Waals surface area contributed by atoms with E-state index in [0.29, 0.717) is 12.4 Å². The number of hydrogen-bond acceptors (Lipinski definition) is 6. The lowest BCUT2D eigenvalue weighted by atomic mass is 10.2. The SMILES string of the molecule is Cn1cc(CNc2ncc([N+](=O)[O-])cc2C#N)cn1. The molecule has 0 spiro atoms. The highest BCUT2D eigenvalue weighted by Gasteiger charge is 2.12. The van der Waals surface area contributed by atoms with Crippen molar-refractivity contribution in [3.63, 3.8) is 0 Å². The van der Waals surface area contributed by atoms with E-state index in [9.17, 15) is 10.1 Å². The van der Waals surface area contributed by atoms with Crippen LogP contribution in [0.1, 0.15) is 11.1 Å². The number of anilines is 1. The lowest BCUT2D eigenvalue weighted by molar-refractivity contribution is -0.385. The molecule has 8 heteroatoms. The molecule has 0 aliphatic heterocycles. The molecule has 96 valence electrons. The minimum Gasteiger partial charge on any atom is -0.365 e. The maximum absolute atomic E-state index is 10.6. The smallest absolute Gasteiger partial charge is 0.289 e. The lowest BCUT2D eigenvalue weighted by Crippen LogP contribution is -2.03. The molecule has 0 aliphatic carbocycles. The molecular weight excluding hydrogens is 248 g/mol. The van der Waals surface area contributed by atoms with Crippen LogP contribution in [0.4, 0.5) is 11.5 Å². The van der Waals surface area contributed by atoms with Crippen molar-refractivity contribution in [3.05, 3.63) is 45.9 Å².